The summed E-state index contributed by atoms with van der Waals surface area (Å²) in [5, 5.41) is 7.42. The molecule has 0 atom stereocenters. The van der Waals surface area contributed by atoms with Gasteiger partial charge in [0.2, 0.25) is 0 Å². The second-order valence-electron chi connectivity index (χ2n) is 3.36. The molecule has 0 amide bonds. The summed E-state index contributed by atoms with van der Waals surface area (Å²) in [6, 6.07) is 7.53. The molecule has 0 aliphatic carbocycles. The molecule has 80 valence electrons. The van der Waals surface area contributed by atoms with Crippen LogP contribution in [0.4, 0.5) is 5.82 Å². The van der Waals surface area contributed by atoms with Crippen molar-refractivity contribution in [1.29, 1.82) is 0 Å². The van der Waals surface area contributed by atoms with Gasteiger partial charge in [0.25, 0.3) is 0 Å². The summed E-state index contributed by atoms with van der Waals surface area (Å²) in [5.41, 5.74) is 0.824. The van der Waals surface area contributed by atoms with Crippen LogP contribution in [0.1, 0.15) is 5.76 Å². The van der Waals surface area contributed by atoms with Gasteiger partial charge in [0.05, 0.1) is 19.0 Å². The Hall–Kier alpha value is -2.30. The van der Waals surface area contributed by atoms with E-state index in [1.54, 1.807) is 23.2 Å². The predicted octanol–water partition coefficient (Wildman–Crippen LogP) is 1.93. The van der Waals surface area contributed by atoms with Crippen LogP contribution < -0.4 is 5.32 Å². The Morgan fingerprint density at radius 1 is 1.25 bits per heavy atom. The summed E-state index contributed by atoms with van der Waals surface area (Å²) >= 11 is 0. The van der Waals surface area contributed by atoms with Gasteiger partial charge >= 0.3 is 0 Å². The van der Waals surface area contributed by atoms with Gasteiger partial charge in [0.1, 0.15) is 11.6 Å². The molecule has 0 bridgehead atoms. The maximum Gasteiger partial charge on any atom is 0.157 e. The van der Waals surface area contributed by atoms with E-state index in [1.165, 1.54) is 0 Å². The average Bonchev–Trinajstić information content (AvgIpc) is 2.97. The Balaban J connectivity index is 1.86. The van der Waals surface area contributed by atoms with Crippen molar-refractivity contribution >= 4 is 11.5 Å². The minimum Gasteiger partial charge on any atom is -0.467 e. The van der Waals surface area contributed by atoms with Crippen LogP contribution in [0, 0.1) is 0 Å². The topological polar surface area (TPSA) is 55.4 Å². The molecule has 0 unspecified atom stereocenters. The van der Waals surface area contributed by atoms with Crippen molar-refractivity contribution in [1.82, 2.24) is 14.6 Å². The molecule has 0 radical (unpaired) electrons. The monoisotopic (exact) mass is 214 g/mol. The molecule has 5 nitrogen and oxygen atoms in total. The molecule has 3 rings (SSSR count). The SMILES string of the molecule is c1coc(CNc2ccnc3ccnn23)c1. The first-order valence-corrected chi connectivity index (χ1v) is 4.98. The molecule has 0 spiro atoms. The predicted molar refractivity (Wildman–Crippen MR) is 59.0 cm³/mol. The number of fused-ring (bicyclic) bond motifs is 1. The molecule has 3 heterocycles. The Kier molecular flexibility index (Phi) is 2.07. The average molecular weight is 214 g/mol. The zero-order chi connectivity index (χ0) is 10.8. The second kappa shape index (κ2) is 3.69. The fourth-order valence-electron chi connectivity index (χ4n) is 1.56. The van der Waals surface area contributed by atoms with Crippen molar-refractivity contribution in [2.45, 2.75) is 6.54 Å². The summed E-state index contributed by atoms with van der Waals surface area (Å²) in [5.74, 6) is 1.78. The summed E-state index contributed by atoms with van der Waals surface area (Å²) in [6.45, 7) is 0.631. The molecule has 0 saturated heterocycles. The zero-order valence-corrected chi connectivity index (χ0v) is 8.50. The largest absolute Gasteiger partial charge is 0.467 e. The highest BCUT2D eigenvalue weighted by Crippen LogP contribution is 2.10. The molecular formula is C11H10N4O. The molecule has 0 aliphatic rings. The lowest BCUT2D eigenvalue weighted by atomic mass is 10.4. The van der Waals surface area contributed by atoms with Crippen molar-refractivity contribution in [3.63, 3.8) is 0 Å². The molecular weight excluding hydrogens is 204 g/mol. The lowest BCUT2D eigenvalue weighted by molar-refractivity contribution is 0.517. The molecule has 1 N–H and O–H groups in total. The Bertz CT molecular complexity index is 585. The summed E-state index contributed by atoms with van der Waals surface area (Å²) in [7, 11) is 0. The van der Waals surface area contributed by atoms with E-state index in [4.69, 9.17) is 4.42 Å². The smallest absolute Gasteiger partial charge is 0.157 e. The van der Waals surface area contributed by atoms with Gasteiger partial charge in [-0.05, 0) is 18.2 Å². The van der Waals surface area contributed by atoms with Gasteiger partial charge in [0, 0.05) is 12.3 Å². The van der Waals surface area contributed by atoms with Crippen LogP contribution in [0.5, 0.6) is 0 Å². The quantitative estimate of drug-likeness (QED) is 0.723. The fourth-order valence-corrected chi connectivity index (χ4v) is 1.56. The molecule has 3 aromatic rings. The highest BCUT2D eigenvalue weighted by molar-refractivity contribution is 5.46. The van der Waals surface area contributed by atoms with E-state index in [0.29, 0.717) is 6.54 Å². The molecule has 16 heavy (non-hydrogen) atoms. The van der Waals surface area contributed by atoms with Crippen molar-refractivity contribution in [3.05, 3.63) is 48.7 Å². The lowest BCUT2D eigenvalue weighted by Crippen LogP contribution is -2.04. The maximum absolute atomic E-state index is 5.24. The van der Waals surface area contributed by atoms with E-state index in [-0.39, 0.29) is 0 Å². The van der Waals surface area contributed by atoms with Gasteiger partial charge in [-0.3, -0.25) is 0 Å². The number of hydrogen-bond donors (Lipinski definition) is 1. The van der Waals surface area contributed by atoms with Gasteiger partial charge < -0.3 is 9.73 Å². The highest BCUT2D eigenvalue weighted by atomic mass is 16.3. The van der Waals surface area contributed by atoms with E-state index in [9.17, 15) is 0 Å². The molecule has 3 aromatic heterocycles. The number of furan rings is 1. The van der Waals surface area contributed by atoms with Crippen LogP contribution in [-0.2, 0) is 6.54 Å². The van der Waals surface area contributed by atoms with Crippen molar-refractivity contribution in [2.24, 2.45) is 0 Å². The van der Waals surface area contributed by atoms with Gasteiger partial charge in [-0.25, -0.2) is 4.98 Å². The third kappa shape index (κ3) is 1.52. The molecule has 5 heteroatoms. The third-order valence-electron chi connectivity index (χ3n) is 2.31. The Morgan fingerprint density at radius 3 is 3.12 bits per heavy atom. The normalized spacial score (nSPS) is 10.8. The number of hydrogen-bond acceptors (Lipinski definition) is 4. The van der Waals surface area contributed by atoms with Gasteiger partial charge in [-0.1, -0.05) is 0 Å². The standard InChI is InChI=1S/C11H10N4O/c1-2-9(16-7-1)8-13-11-3-5-12-10-4-6-14-15(10)11/h1-7,13H,8H2. The van der Waals surface area contributed by atoms with E-state index in [1.807, 2.05) is 24.3 Å². The van der Waals surface area contributed by atoms with E-state index < -0.39 is 0 Å². The van der Waals surface area contributed by atoms with Crippen LogP contribution >= 0.6 is 0 Å². The summed E-state index contributed by atoms with van der Waals surface area (Å²) in [6.07, 6.45) is 5.13. The first-order valence-electron chi connectivity index (χ1n) is 4.98. The zero-order valence-electron chi connectivity index (χ0n) is 8.50. The number of rotatable bonds is 3. The van der Waals surface area contributed by atoms with Gasteiger partial charge in [-0.2, -0.15) is 9.61 Å². The van der Waals surface area contributed by atoms with Gasteiger partial charge in [0.15, 0.2) is 5.65 Å². The lowest BCUT2D eigenvalue weighted by Gasteiger charge is -2.05. The third-order valence-corrected chi connectivity index (χ3v) is 2.31. The number of aromatic nitrogens is 3. The minimum absolute atomic E-state index is 0.631. The summed E-state index contributed by atoms with van der Waals surface area (Å²) in [4.78, 5) is 4.18. The van der Waals surface area contributed by atoms with Crippen LogP contribution in [0.25, 0.3) is 5.65 Å². The molecule has 0 saturated carbocycles. The molecule has 0 aliphatic heterocycles. The van der Waals surface area contributed by atoms with E-state index in [0.717, 1.165) is 17.2 Å². The first kappa shape index (κ1) is 8.96. The Morgan fingerprint density at radius 2 is 2.25 bits per heavy atom. The number of nitrogens with zero attached hydrogens (tertiary/aromatic N) is 3. The van der Waals surface area contributed by atoms with Crippen molar-refractivity contribution in [2.75, 3.05) is 5.32 Å². The van der Waals surface area contributed by atoms with Crippen LogP contribution in [0.3, 0.4) is 0 Å². The van der Waals surface area contributed by atoms with Crippen LogP contribution in [0.15, 0.2) is 47.3 Å². The first-order chi connectivity index (χ1) is 7.93. The summed E-state index contributed by atoms with van der Waals surface area (Å²) < 4.78 is 6.99. The Labute approximate surface area is 91.7 Å². The maximum atomic E-state index is 5.24. The van der Waals surface area contributed by atoms with Crippen LogP contribution in [-0.4, -0.2) is 14.6 Å². The van der Waals surface area contributed by atoms with Crippen LogP contribution in [0.2, 0.25) is 0 Å². The highest BCUT2D eigenvalue weighted by Gasteiger charge is 2.01. The van der Waals surface area contributed by atoms with Gasteiger partial charge in [-0.15, -0.1) is 0 Å². The molecule has 0 fully saturated rings. The number of anilines is 1. The number of nitrogens with one attached hydrogen (secondary N) is 1. The second-order valence-corrected chi connectivity index (χ2v) is 3.36. The minimum atomic E-state index is 0.631. The fraction of sp³-hybridized carbons (Fsp3) is 0.0909. The van der Waals surface area contributed by atoms with Crippen molar-refractivity contribution in [3.8, 4) is 0 Å². The van der Waals surface area contributed by atoms with E-state index in [2.05, 4.69) is 15.4 Å². The van der Waals surface area contributed by atoms with E-state index >= 15 is 0 Å². The molecule has 0 aromatic carbocycles. The van der Waals surface area contributed by atoms with Crippen molar-refractivity contribution < 1.29 is 4.42 Å².